The first-order chi connectivity index (χ1) is 11.5. The fourth-order valence-corrected chi connectivity index (χ4v) is 5.32. The van der Waals surface area contributed by atoms with E-state index in [9.17, 15) is 19.8 Å². The van der Waals surface area contributed by atoms with E-state index in [0.29, 0.717) is 17.7 Å². The van der Waals surface area contributed by atoms with E-state index in [4.69, 9.17) is 0 Å². The molecule has 0 saturated carbocycles. The Hall–Kier alpha value is -0.840. The number of aliphatic hydroxyl groups is 1. The van der Waals surface area contributed by atoms with E-state index < -0.39 is 18.0 Å². The fraction of sp³-hybridized carbons (Fsp3) is 0.400. The summed E-state index contributed by atoms with van der Waals surface area (Å²) >= 11 is 3.00. The molecule has 0 bridgehead atoms. The van der Waals surface area contributed by atoms with Crippen LogP contribution in [0.15, 0.2) is 22.4 Å². The van der Waals surface area contributed by atoms with Crippen LogP contribution in [0.1, 0.15) is 19.0 Å². The van der Waals surface area contributed by atoms with Crippen LogP contribution in [-0.2, 0) is 9.59 Å². The van der Waals surface area contributed by atoms with Gasteiger partial charge in [0.05, 0.1) is 35.4 Å². The Bertz CT molecular complexity index is 904. The van der Waals surface area contributed by atoms with E-state index in [0.717, 1.165) is 9.86 Å². The van der Waals surface area contributed by atoms with E-state index >= 15 is 0 Å². The van der Waals surface area contributed by atoms with Gasteiger partial charge in [-0.3, -0.25) is 9.20 Å². The minimum absolute atomic E-state index is 0. The van der Waals surface area contributed by atoms with Crippen LogP contribution in [0.5, 0.6) is 0 Å². The molecule has 25 heavy (non-hydrogen) atoms. The van der Waals surface area contributed by atoms with E-state index in [1.165, 1.54) is 28.0 Å². The number of hydrogen-bond acceptors (Lipinski definition) is 7. The molecule has 10 heteroatoms. The van der Waals surface area contributed by atoms with Gasteiger partial charge in [-0.05, 0) is 19.6 Å². The number of aromatic nitrogens is 2. The van der Waals surface area contributed by atoms with Gasteiger partial charge in [0, 0.05) is 11.0 Å². The topological polar surface area (TPSA) is 98.0 Å². The van der Waals surface area contributed by atoms with Gasteiger partial charge in [0.25, 0.3) is 0 Å². The normalized spacial score (nSPS) is 23.5. The molecule has 2 aromatic rings. The van der Waals surface area contributed by atoms with Crippen LogP contribution in [0.25, 0.3) is 10.4 Å². The Morgan fingerprint density at radius 1 is 1.56 bits per heavy atom. The van der Waals surface area contributed by atoms with Gasteiger partial charge in [0.1, 0.15) is 16.2 Å². The molecule has 1 amide bonds. The molecule has 1 saturated heterocycles. The second-order valence-electron chi connectivity index (χ2n) is 5.91. The summed E-state index contributed by atoms with van der Waals surface area (Å²) in [5.41, 5.74) is 1.20. The predicted molar refractivity (Wildman–Crippen MR) is 87.2 cm³/mol. The van der Waals surface area contributed by atoms with Gasteiger partial charge in [-0.25, -0.2) is 4.98 Å². The smallest absolute Gasteiger partial charge is 0.543 e. The van der Waals surface area contributed by atoms with Crippen molar-refractivity contribution in [2.75, 3.05) is 6.26 Å². The Kier molecular flexibility index (Phi) is 5.08. The number of thioether (sulfide) groups is 1. The first-order valence-electron chi connectivity index (χ1n) is 7.40. The molecule has 7 nitrogen and oxygen atoms in total. The Morgan fingerprint density at radius 3 is 2.88 bits per heavy atom. The number of fused-ring (bicyclic) bond motifs is 2. The summed E-state index contributed by atoms with van der Waals surface area (Å²) in [5, 5.41) is 24.2. The van der Waals surface area contributed by atoms with Crippen molar-refractivity contribution < 1.29 is 49.4 Å². The molecular formula is C15H14N3NaO4S2. The third-order valence-corrected chi connectivity index (χ3v) is 6.43. The minimum atomic E-state index is -1.37. The number of amides is 1. The van der Waals surface area contributed by atoms with Gasteiger partial charge >= 0.3 is 29.6 Å². The number of aliphatic carboxylic acids is 1. The average molecular weight is 387 g/mol. The summed E-state index contributed by atoms with van der Waals surface area (Å²) in [6.45, 7) is 1.56. The van der Waals surface area contributed by atoms with Crippen molar-refractivity contribution in [3.05, 3.63) is 23.1 Å². The Balaban J connectivity index is 0.00000182. The molecule has 126 valence electrons. The molecule has 2 aliphatic rings. The standard InChI is InChI=1S/C15H15N3O4S2.Na/c1-6(19)10-8-3-7(11(15(21)22)18(8)13(10)20)9-4-24-14-12(23-2)16-5-17(9)14;/h4-6,8,10,19H,3H2,1-2H3,(H,21,22);/q;+1/p-1/t6-,8-,10-;/m1./s1. The minimum Gasteiger partial charge on any atom is -0.543 e. The van der Waals surface area contributed by atoms with Crippen LogP contribution in [0.2, 0.25) is 0 Å². The van der Waals surface area contributed by atoms with Gasteiger partial charge in [0.15, 0.2) is 0 Å². The number of carbonyl (C=O) groups excluding carboxylic acids is 2. The van der Waals surface area contributed by atoms with Gasteiger partial charge in [-0.2, -0.15) is 0 Å². The van der Waals surface area contributed by atoms with Crippen molar-refractivity contribution in [2.24, 2.45) is 5.92 Å². The van der Waals surface area contributed by atoms with Gasteiger partial charge < -0.3 is 19.9 Å². The molecule has 0 spiro atoms. The molecule has 0 aliphatic carbocycles. The Morgan fingerprint density at radius 2 is 2.28 bits per heavy atom. The number of carbonyl (C=O) groups is 2. The summed E-state index contributed by atoms with van der Waals surface area (Å²) in [4.78, 5) is 30.4. The maximum absolute atomic E-state index is 12.2. The zero-order valence-electron chi connectivity index (χ0n) is 13.9. The van der Waals surface area contributed by atoms with Crippen molar-refractivity contribution in [1.29, 1.82) is 0 Å². The SMILES string of the molecule is CSc1ncn2c(C3=C(C(=O)[O-])N4C(=O)[C@H]([C@@H](C)O)[C@H]4C3)csc12.[Na+]. The van der Waals surface area contributed by atoms with E-state index in [1.807, 2.05) is 16.0 Å². The quantitative estimate of drug-likeness (QED) is 0.346. The zero-order valence-corrected chi connectivity index (χ0v) is 17.6. The number of β-lactam (4-membered cyclic amide) rings is 1. The number of carboxylic acids is 1. The molecule has 3 atom stereocenters. The largest absolute Gasteiger partial charge is 1.00 e. The molecule has 2 aliphatic heterocycles. The first kappa shape index (κ1) is 18.9. The summed E-state index contributed by atoms with van der Waals surface area (Å²) < 4.78 is 1.85. The molecule has 1 fully saturated rings. The number of imidazole rings is 1. The van der Waals surface area contributed by atoms with Gasteiger partial charge in [-0.15, -0.1) is 23.1 Å². The number of aliphatic hydroxyl groups excluding tert-OH is 1. The van der Waals surface area contributed by atoms with Gasteiger partial charge in [-0.1, -0.05) is 0 Å². The van der Waals surface area contributed by atoms with Crippen LogP contribution >= 0.6 is 23.1 Å². The number of carboxylic acid groups (broad SMARTS) is 1. The van der Waals surface area contributed by atoms with Crippen molar-refractivity contribution in [2.45, 2.75) is 30.5 Å². The fourth-order valence-electron chi connectivity index (χ4n) is 3.61. The van der Waals surface area contributed by atoms with Crippen LogP contribution < -0.4 is 34.7 Å². The predicted octanol–water partition coefficient (Wildman–Crippen LogP) is -2.81. The average Bonchev–Trinajstić information content (AvgIpc) is 3.17. The Labute approximate surface area is 174 Å². The van der Waals surface area contributed by atoms with Crippen LogP contribution in [-0.4, -0.2) is 49.7 Å². The molecule has 0 aromatic carbocycles. The third kappa shape index (κ3) is 2.60. The maximum Gasteiger partial charge on any atom is 1.00 e. The molecule has 2 aromatic heterocycles. The summed E-state index contributed by atoms with van der Waals surface area (Å²) in [5.74, 6) is -2.28. The number of thiazole rings is 1. The molecular weight excluding hydrogens is 373 g/mol. The van der Waals surface area contributed by atoms with Crippen LogP contribution in [0, 0.1) is 5.92 Å². The third-order valence-electron chi connectivity index (χ3n) is 4.66. The zero-order chi connectivity index (χ0) is 17.2. The molecule has 1 N–H and O–H groups in total. The second kappa shape index (κ2) is 6.71. The van der Waals surface area contributed by atoms with E-state index in [2.05, 4.69) is 4.98 Å². The van der Waals surface area contributed by atoms with Crippen molar-refractivity contribution in [3.8, 4) is 0 Å². The monoisotopic (exact) mass is 387 g/mol. The number of hydrogen-bond donors (Lipinski definition) is 1. The van der Waals surface area contributed by atoms with Crippen LogP contribution in [0.4, 0.5) is 0 Å². The maximum atomic E-state index is 12.2. The van der Waals surface area contributed by atoms with Crippen LogP contribution in [0.3, 0.4) is 0 Å². The number of rotatable bonds is 4. The first-order valence-corrected chi connectivity index (χ1v) is 9.50. The molecule has 4 heterocycles. The van der Waals surface area contributed by atoms with Crippen molar-refractivity contribution in [1.82, 2.24) is 14.3 Å². The molecule has 0 radical (unpaired) electrons. The van der Waals surface area contributed by atoms with E-state index in [1.54, 1.807) is 13.3 Å². The molecule has 4 rings (SSSR count). The van der Waals surface area contributed by atoms with Crippen molar-refractivity contribution >= 4 is 45.4 Å². The summed E-state index contributed by atoms with van der Waals surface area (Å²) in [7, 11) is 0. The number of nitrogens with zero attached hydrogens (tertiary/aromatic N) is 3. The summed E-state index contributed by atoms with van der Waals surface area (Å²) in [6, 6.07) is -0.320. The second-order valence-corrected chi connectivity index (χ2v) is 7.56. The van der Waals surface area contributed by atoms with Crippen molar-refractivity contribution in [3.63, 3.8) is 0 Å². The molecule has 0 unspecified atom stereocenters. The summed E-state index contributed by atoms with van der Waals surface area (Å²) in [6.07, 6.45) is 3.18. The van der Waals surface area contributed by atoms with Gasteiger partial charge in [0.2, 0.25) is 5.91 Å². The van der Waals surface area contributed by atoms with E-state index in [-0.39, 0.29) is 47.2 Å².